The van der Waals surface area contributed by atoms with Crippen LogP contribution >= 0.6 is 11.6 Å². The van der Waals surface area contributed by atoms with Crippen molar-refractivity contribution in [2.24, 2.45) is 0 Å². The van der Waals surface area contributed by atoms with Gasteiger partial charge in [0.05, 0.1) is 23.9 Å². The summed E-state index contributed by atoms with van der Waals surface area (Å²) < 4.78 is 49.5. The molecule has 2 N–H and O–H groups in total. The molecule has 3 aromatic carbocycles. The Bertz CT molecular complexity index is 1280. The number of halogens is 4. The van der Waals surface area contributed by atoms with Crippen molar-refractivity contribution in [1.82, 2.24) is 9.97 Å². The zero-order valence-corrected chi connectivity index (χ0v) is 17.5. The zero-order chi connectivity index (χ0) is 22.9. The Labute approximate surface area is 186 Å². The van der Waals surface area contributed by atoms with E-state index in [0.29, 0.717) is 44.2 Å². The molecule has 5 nitrogen and oxygen atoms in total. The minimum absolute atomic E-state index is 0.0520. The van der Waals surface area contributed by atoms with E-state index in [4.69, 9.17) is 26.8 Å². The highest BCUT2D eigenvalue weighted by atomic mass is 35.5. The summed E-state index contributed by atoms with van der Waals surface area (Å²) in [7, 11) is 1.50. The van der Waals surface area contributed by atoms with Crippen LogP contribution in [0, 0.1) is 0 Å². The Kier molecular flexibility index (Phi) is 5.80. The number of benzene rings is 3. The number of ether oxygens (including phenoxy) is 2. The van der Waals surface area contributed by atoms with Gasteiger partial charge in [-0.1, -0.05) is 23.7 Å². The van der Waals surface area contributed by atoms with Gasteiger partial charge in [-0.2, -0.15) is 13.2 Å². The molecule has 0 aliphatic rings. The van der Waals surface area contributed by atoms with E-state index >= 15 is 0 Å². The van der Waals surface area contributed by atoms with Crippen LogP contribution in [0.1, 0.15) is 11.1 Å². The average Bonchev–Trinajstić information content (AvgIpc) is 2.77. The van der Waals surface area contributed by atoms with Gasteiger partial charge in [0.15, 0.2) is 11.5 Å². The molecule has 164 valence electrons. The maximum absolute atomic E-state index is 12.8. The van der Waals surface area contributed by atoms with Crippen LogP contribution in [-0.4, -0.2) is 17.1 Å². The first-order valence-corrected chi connectivity index (χ1v) is 9.82. The number of anilines is 1. The van der Waals surface area contributed by atoms with Crippen LogP contribution < -0.4 is 15.2 Å². The number of nitrogen functional groups attached to an aromatic ring is 1. The summed E-state index contributed by atoms with van der Waals surface area (Å²) in [5, 5.41) is 1.24. The van der Waals surface area contributed by atoms with Crippen LogP contribution in [0.25, 0.3) is 22.2 Å². The van der Waals surface area contributed by atoms with Crippen LogP contribution in [0.3, 0.4) is 0 Å². The largest absolute Gasteiger partial charge is 0.493 e. The van der Waals surface area contributed by atoms with Gasteiger partial charge in [0.1, 0.15) is 6.61 Å². The number of nitrogens with zero attached hydrogens (tertiary/aromatic N) is 2. The van der Waals surface area contributed by atoms with Crippen molar-refractivity contribution in [3.05, 3.63) is 76.8 Å². The number of hydrogen-bond acceptors (Lipinski definition) is 5. The summed E-state index contributed by atoms with van der Waals surface area (Å²) in [6.07, 6.45) is -4.39. The molecule has 1 aromatic heterocycles. The Morgan fingerprint density at radius 1 is 0.938 bits per heavy atom. The first-order chi connectivity index (χ1) is 15.2. The molecule has 0 aliphatic heterocycles. The number of alkyl halides is 3. The van der Waals surface area contributed by atoms with Crippen molar-refractivity contribution in [1.29, 1.82) is 0 Å². The van der Waals surface area contributed by atoms with Crippen molar-refractivity contribution in [3.8, 4) is 22.8 Å². The molecule has 0 saturated carbocycles. The molecule has 0 bridgehead atoms. The van der Waals surface area contributed by atoms with E-state index in [0.717, 1.165) is 12.1 Å². The normalized spacial score (nSPS) is 11.5. The van der Waals surface area contributed by atoms with Gasteiger partial charge in [-0.3, -0.25) is 0 Å². The van der Waals surface area contributed by atoms with Crippen LogP contribution in [-0.2, 0) is 12.8 Å². The maximum atomic E-state index is 12.8. The molecule has 0 radical (unpaired) electrons. The van der Waals surface area contributed by atoms with Gasteiger partial charge >= 0.3 is 6.18 Å². The van der Waals surface area contributed by atoms with Crippen molar-refractivity contribution < 1.29 is 22.6 Å². The van der Waals surface area contributed by atoms with Crippen LogP contribution in [0.15, 0.2) is 60.7 Å². The number of hydrogen-bond donors (Lipinski definition) is 1. The van der Waals surface area contributed by atoms with Gasteiger partial charge in [-0.15, -0.1) is 0 Å². The van der Waals surface area contributed by atoms with Crippen LogP contribution in [0.5, 0.6) is 11.5 Å². The van der Waals surface area contributed by atoms with Gasteiger partial charge in [-0.05, 0) is 54.1 Å². The molecular formula is C23H17ClF3N3O2. The lowest BCUT2D eigenvalue weighted by atomic mass is 10.1. The predicted octanol–water partition coefficient (Wildman–Crippen LogP) is 6.14. The van der Waals surface area contributed by atoms with E-state index < -0.39 is 11.7 Å². The third-order valence-electron chi connectivity index (χ3n) is 4.79. The molecular weight excluding hydrogens is 443 g/mol. The first kappa shape index (κ1) is 21.7. The molecule has 9 heteroatoms. The second kappa shape index (κ2) is 8.55. The van der Waals surface area contributed by atoms with Gasteiger partial charge < -0.3 is 15.2 Å². The van der Waals surface area contributed by atoms with Crippen molar-refractivity contribution in [3.63, 3.8) is 0 Å². The van der Waals surface area contributed by atoms with E-state index in [9.17, 15) is 13.2 Å². The molecule has 1 heterocycles. The fraction of sp³-hybridized carbons (Fsp3) is 0.130. The first-order valence-electron chi connectivity index (χ1n) is 9.45. The van der Waals surface area contributed by atoms with Gasteiger partial charge in [-0.25, -0.2) is 9.97 Å². The van der Waals surface area contributed by atoms with Crippen molar-refractivity contribution in [2.45, 2.75) is 12.8 Å². The molecule has 32 heavy (non-hydrogen) atoms. The van der Waals surface area contributed by atoms with Crippen molar-refractivity contribution in [2.75, 3.05) is 12.8 Å². The summed E-state index contributed by atoms with van der Waals surface area (Å²) >= 11 is 6.15. The quantitative estimate of drug-likeness (QED) is 0.388. The highest BCUT2D eigenvalue weighted by molar-refractivity contribution is 6.31. The average molecular weight is 460 g/mol. The van der Waals surface area contributed by atoms with Gasteiger partial charge in [0, 0.05) is 16.0 Å². The lowest BCUT2D eigenvalue weighted by Gasteiger charge is -2.14. The van der Waals surface area contributed by atoms with E-state index in [1.807, 2.05) is 0 Å². The fourth-order valence-electron chi connectivity index (χ4n) is 3.23. The summed E-state index contributed by atoms with van der Waals surface area (Å²) in [4.78, 5) is 8.60. The van der Waals surface area contributed by atoms with Crippen molar-refractivity contribution >= 4 is 28.5 Å². The second-order valence-corrected chi connectivity index (χ2v) is 7.38. The zero-order valence-electron chi connectivity index (χ0n) is 16.8. The summed E-state index contributed by atoms with van der Waals surface area (Å²) in [6.45, 7) is 0.0520. The topological polar surface area (TPSA) is 70.3 Å². The number of fused-ring (bicyclic) bond motifs is 1. The lowest BCUT2D eigenvalue weighted by molar-refractivity contribution is -0.137. The Hall–Kier alpha value is -3.52. The number of methoxy groups -OCH3 is 1. The monoisotopic (exact) mass is 459 g/mol. The summed E-state index contributed by atoms with van der Waals surface area (Å²) in [6, 6.07) is 15.2. The predicted molar refractivity (Wildman–Crippen MR) is 117 cm³/mol. The molecule has 0 amide bonds. The number of nitrogens with two attached hydrogens (primary N) is 1. The van der Waals surface area contributed by atoms with Gasteiger partial charge in [0.2, 0.25) is 5.95 Å². The Morgan fingerprint density at radius 2 is 1.69 bits per heavy atom. The highest BCUT2D eigenvalue weighted by Gasteiger charge is 2.29. The fourth-order valence-corrected chi connectivity index (χ4v) is 3.40. The number of rotatable bonds is 5. The summed E-state index contributed by atoms with van der Waals surface area (Å²) in [5.74, 6) is 0.972. The molecule has 4 rings (SSSR count). The molecule has 0 spiro atoms. The second-order valence-electron chi connectivity index (χ2n) is 6.94. The molecule has 0 fully saturated rings. The van der Waals surface area contributed by atoms with E-state index in [-0.39, 0.29) is 12.6 Å². The van der Waals surface area contributed by atoms with Crippen LogP contribution in [0.2, 0.25) is 5.02 Å². The third kappa shape index (κ3) is 4.55. The Balaban J connectivity index is 1.67. The molecule has 0 atom stereocenters. The Morgan fingerprint density at radius 3 is 2.38 bits per heavy atom. The minimum Gasteiger partial charge on any atom is -0.493 e. The maximum Gasteiger partial charge on any atom is 0.416 e. The minimum atomic E-state index is -4.39. The number of aromatic nitrogens is 2. The van der Waals surface area contributed by atoms with E-state index in [1.165, 1.54) is 19.2 Å². The molecule has 0 saturated heterocycles. The SMILES string of the molecule is COc1ccc(-c2nc(N)nc3ccc(Cl)cc23)cc1OCc1ccc(C(F)(F)F)cc1. The molecule has 0 aliphatic carbocycles. The standard InChI is InChI=1S/C23H17ClF3N3O2/c1-31-19-9-4-14(21-17-11-16(24)7-8-18(17)29-22(28)30-21)10-20(19)32-12-13-2-5-15(6-3-13)23(25,26)27/h2-11H,12H2,1H3,(H2,28,29,30). The molecule has 0 unspecified atom stereocenters. The molecule has 4 aromatic rings. The van der Waals surface area contributed by atoms with Gasteiger partial charge in [0.25, 0.3) is 0 Å². The third-order valence-corrected chi connectivity index (χ3v) is 5.02. The van der Waals surface area contributed by atoms with Crippen LogP contribution in [0.4, 0.5) is 19.1 Å². The lowest BCUT2D eigenvalue weighted by Crippen LogP contribution is -2.05. The highest BCUT2D eigenvalue weighted by Crippen LogP contribution is 2.36. The van der Waals surface area contributed by atoms with E-state index in [2.05, 4.69) is 9.97 Å². The summed E-state index contributed by atoms with van der Waals surface area (Å²) in [5.41, 5.74) is 7.64. The smallest absolute Gasteiger partial charge is 0.416 e. The van der Waals surface area contributed by atoms with E-state index in [1.54, 1.807) is 36.4 Å².